The van der Waals surface area contributed by atoms with Gasteiger partial charge >= 0.3 is 0 Å². The van der Waals surface area contributed by atoms with Gasteiger partial charge in [0.25, 0.3) is 0 Å². The first-order valence-electron chi connectivity index (χ1n) is 6.42. The van der Waals surface area contributed by atoms with Crippen LogP contribution in [-0.4, -0.2) is 26.2 Å². The first-order valence-corrected chi connectivity index (χ1v) is 6.42. The van der Waals surface area contributed by atoms with Gasteiger partial charge in [-0.25, -0.2) is 0 Å². The Kier molecular flexibility index (Phi) is 3.95. The Balaban J connectivity index is 2.34. The second kappa shape index (κ2) is 5.48. The second-order valence-electron chi connectivity index (χ2n) is 4.94. The fourth-order valence-electron chi connectivity index (χ4n) is 2.19. The summed E-state index contributed by atoms with van der Waals surface area (Å²) in [6.45, 7) is 3.25. The highest BCUT2D eigenvalue weighted by atomic mass is 16.5. The quantitative estimate of drug-likeness (QED) is 0.856. The number of benzene rings is 1. The van der Waals surface area contributed by atoms with E-state index in [4.69, 9.17) is 15.2 Å². The number of ether oxygens (including phenoxy) is 2. The maximum atomic E-state index is 11.2. The van der Waals surface area contributed by atoms with Gasteiger partial charge in [0.2, 0.25) is 5.91 Å². The van der Waals surface area contributed by atoms with E-state index < -0.39 is 5.54 Å². The van der Waals surface area contributed by atoms with Crippen molar-refractivity contribution in [1.29, 1.82) is 0 Å². The molecule has 1 heterocycles. The Morgan fingerprint density at radius 1 is 1.37 bits per heavy atom. The number of hydrogen-bond donors (Lipinski definition) is 2. The van der Waals surface area contributed by atoms with Gasteiger partial charge in [0.05, 0.1) is 13.2 Å². The molecule has 104 valence electrons. The molecule has 2 rings (SSSR count). The van der Waals surface area contributed by atoms with E-state index in [0.29, 0.717) is 13.2 Å². The van der Waals surface area contributed by atoms with E-state index in [0.717, 1.165) is 23.5 Å². The molecule has 0 saturated heterocycles. The van der Waals surface area contributed by atoms with Gasteiger partial charge in [0.1, 0.15) is 0 Å². The number of nitrogens with one attached hydrogen (secondary N) is 1. The van der Waals surface area contributed by atoms with E-state index in [1.165, 1.54) is 0 Å². The summed E-state index contributed by atoms with van der Waals surface area (Å²) < 4.78 is 11.3. The molecule has 1 amide bonds. The van der Waals surface area contributed by atoms with Gasteiger partial charge in [-0.3, -0.25) is 4.79 Å². The van der Waals surface area contributed by atoms with Crippen LogP contribution in [0.3, 0.4) is 0 Å². The third-order valence-corrected chi connectivity index (χ3v) is 3.46. The molecule has 0 radical (unpaired) electrons. The van der Waals surface area contributed by atoms with Crippen molar-refractivity contribution in [1.82, 2.24) is 5.32 Å². The van der Waals surface area contributed by atoms with Crippen molar-refractivity contribution < 1.29 is 14.3 Å². The lowest BCUT2D eigenvalue weighted by atomic mass is 9.88. The van der Waals surface area contributed by atoms with E-state index in [1.54, 1.807) is 0 Å². The van der Waals surface area contributed by atoms with Crippen molar-refractivity contribution in [2.45, 2.75) is 25.3 Å². The predicted octanol–water partition coefficient (Wildman–Crippen LogP) is 1.16. The van der Waals surface area contributed by atoms with Crippen molar-refractivity contribution in [3.63, 3.8) is 0 Å². The zero-order valence-electron chi connectivity index (χ0n) is 11.4. The molecule has 3 N–H and O–H groups in total. The highest BCUT2D eigenvalue weighted by molar-refractivity contribution is 5.75. The zero-order chi connectivity index (χ0) is 13.9. The van der Waals surface area contributed by atoms with Crippen molar-refractivity contribution in [2.75, 3.05) is 20.3 Å². The minimum Gasteiger partial charge on any atom is -0.490 e. The third kappa shape index (κ3) is 2.98. The molecule has 1 aliphatic rings. The Morgan fingerprint density at radius 2 is 2.05 bits per heavy atom. The van der Waals surface area contributed by atoms with Crippen LogP contribution in [-0.2, 0) is 10.3 Å². The topological polar surface area (TPSA) is 73.6 Å². The SMILES string of the molecule is CNC(C)(CC(N)=O)c1ccc2c(c1)OCCCO2. The third-order valence-electron chi connectivity index (χ3n) is 3.46. The fraction of sp³-hybridized carbons (Fsp3) is 0.500. The first-order chi connectivity index (χ1) is 9.05. The van der Waals surface area contributed by atoms with Crippen LogP contribution in [0.4, 0.5) is 0 Å². The molecule has 0 fully saturated rings. The molecular weight excluding hydrogens is 244 g/mol. The number of carbonyl (C=O) groups excluding carboxylic acids is 1. The van der Waals surface area contributed by atoms with Gasteiger partial charge in [-0.05, 0) is 31.7 Å². The number of nitrogens with two attached hydrogens (primary N) is 1. The molecule has 0 bridgehead atoms. The Hall–Kier alpha value is -1.75. The number of carbonyl (C=O) groups is 1. The lowest BCUT2D eigenvalue weighted by Gasteiger charge is -2.29. The molecule has 1 aromatic carbocycles. The van der Waals surface area contributed by atoms with Crippen LogP contribution in [0.5, 0.6) is 11.5 Å². The molecule has 0 aromatic heterocycles. The van der Waals surface area contributed by atoms with Gasteiger partial charge in [-0.15, -0.1) is 0 Å². The molecule has 0 aliphatic carbocycles. The highest BCUT2D eigenvalue weighted by Crippen LogP contribution is 2.35. The Labute approximate surface area is 113 Å². The lowest BCUT2D eigenvalue weighted by molar-refractivity contribution is -0.119. The highest BCUT2D eigenvalue weighted by Gasteiger charge is 2.28. The second-order valence-corrected chi connectivity index (χ2v) is 4.94. The van der Waals surface area contributed by atoms with Crippen LogP contribution in [0.1, 0.15) is 25.3 Å². The maximum Gasteiger partial charge on any atom is 0.219 e. The molecule has 0 spiro atoms. The fourth-order valence-corrected chi connectivity index (χ4v) is 2.19. The van der Waals surface area contributed by atoms with Gasteiger partial charge < -0.3 is 20.5 Å². The Bertz CT molecular complexity index is 476. The summed E-state index contributed by atoms with van der Waals surface area (Å²) in [4.78, 5) is 11.2. The largest absolute Gasteiger partial charge is 0.490 e. The van der Waals surface area contributed by atoms with Crippen LogP contribution in [0.25, 0.3) is 0 Å². The summed E-state index contributed by atoms with van der Waals surface area (Å²) in [7, 11) is 1.81. The van der Waals surface area contributed by atoms with Crippen molar-refractivity contribution >= 4 is 5.91 Å². The van der Waals surface area contributed by atoms with Crippen molar-refractivity contribution in [2.24, 2.45) is 5.73 Å². The lowest BCUT2D eigenvalue weighted by Crippen LogP contribution is -2.40. The molecule has 5 heteroatoms. The van der Waals surface area contributed by atoms with Gasteiger partial charge in [-0.1, -0.05) is 6.07 Å². The van der Waals surface area contributed by atoms with E-state index in [9.17, 15) is 4.79 Å². The molecule has 19 heavy (non-hydrogen) atoms. The summed E-state index contributed by atoms with van der Waals surface area (Å²) in [6, 6.07) is 5.74. The summed E-state index contributed by atoms with van der Waals surface area (Å²) in [5.74, 6) is 1.13. The minimum atomic E-state index is -0.503. The molecule has 1 aromatic rings. The molecule has 1 unspecified atom stereocenters. The summed E-state index contributed by atoms with van der Waals surface area (Å²) >= 11 is 0. The van der Waals surface area contributed by atoms with Crippen molar-refractivity contribution in [3.05, 3.63) is 23.8 Å². The molecule has 5 nitrogen and oxygen atoms in total. The molecule has 1 aliphatic heterocycles. The zero-order valence-corrected chi connectivity index (χ0v) is 11.4. The van der Waals surface area contributed by atoms with Gasteiger partial charge in [0, 0.05) is 18.4 Å². The van der Waals surface area contributed by atoms with Crippen molar-refractivity contribution in [3.8, 4) is 11.5 Å². The van der Waals surface area contributed by atoms with E-state index in [-0.39, 0.29) is 12.3 Å². The van der Waals surface area contributed by atoms with Gasteiger partial charge in [-0.2, -0.15) is 0 Å². The van der Waals surface area contributed by atoms with E-state index in [1.807, 2.05) is 32.2 Å². The van der Waals surface area contributed by atoms with Crippen LogP contribution < -0.4 is 20.5 Å². The standard InChI is InChI=1S/C14H20N2O3/c1-14(16-2,9-13(15)17)10-4-5-11-12(8-10)19-7-3-6-18-11/h4-5,8,16H,3,6-7,9H2,1-2H3,(H2,15,17). The van der Waals surface area contributed by atoms with E-state index >= 15 is 0 Å². The van der Waals surface area contributed by atoms with Crippen LogP contribution in [0.15, 0.2) is 18.2 Å². The van der Waals surface area contributed by atoms with Gasteiger partial charge in [0.15, 0.2) is 11.5 Å². The van der Waals surface area contributed by atoms with Crippen LogP contribution in [0, 0.1) is 0 Å². The average Bonchev–Trinajstić information content (AvgIpc) is 2.62. The molecular formula is C14H20N2O3. The van der Waals surface area contributed by atoms with Crippen LogP contribution in [0.2, 0.25) is 0 Å². The summed E-state index contributed by atoms with van der Waals surface area (Å²) in [5.41, 5.74) is 5.77. The van der Waals surface area contributed by atoms with E-state index in [2.05, 4.69) is 5.32 Å². The number of hydrogen-bond acceptors (Lipinski definition) is 4. The van der Waals surface area contributed by atoms with Crippen LogP contribution >= 0.6 is 0 Å². The number of primary amides is 1. The first kappa shape index (κ1) is 13.7. The monoisotopic (exact) mass is 264 g/mol. The number of amides is 1. The normalized spacial score (nSPS) is 17.4. The summed E-state index contributed by atoms with van der Waals surface area (Å²) in [6.07, 6.45) is 1.09. The Morgan fingerprint density at radius 3 is 2.68 bits per heavy atom. The minimum absolute atomic E-state index is 0.225. The number of fused-ring (bicyclic) bond motifs is 1. The molecule has 1 atom stereocenters. The number of rotatable bonds is 4. The smallest absolute Gasteiger partial charge is 0.219 e. The average molecular weight is 264 g/mol. The summed E-state index contributed by atoms with van der Waals surface area (Å²) in [5, 5.41) is 3.15. The maximum absolute atomic E-state index is 11.2. The molecule has 0 saturated carbocycles. The predicted molar refractivity (Wildman–Crippen MR) is 72.3 cm³/mol.